The van der Waals surface area contributed by atoms with E-state index in [2.05, 4.69) is 20.4 Å². The lowest BCUT2D eigenvalue weighted by Gasteiger charge is -2.07. The zero-order valence-corrected chi connectivity index (χ0v) is 15.2. The average molecular weight is 379 g/mol. The third kappa shape index (κ3) is 3.66. The molecule has 0 unspecified atom stereocenters. The van der Waals surface area contributed by atoms with Crippen molar-refractivity contribution in [1.29, 1.82) is 0 Å². The first-order valence-corrected chi connectivity index (χ1v) is 8.71. The van der Waals surface area contributed by atoms with Gasteiger partial charge in [0.2, 0.25) is 11.7 Å². The molecule has 0 saturated heterocycles. The van der Waals surface area contributed by atoms with Gasteiger partial charge in [0.05, 0.1) is 23.3 Å². The Hall–Kier alpha value is -3.25. The number of aromatic nitrogens is 3. The van der Waals surface area contributed by atoms with Crippen molar-refractivity contribution in [2.75, 3.05) is 0 Å². The second kappa shape index (κ2) is 7.17. The van der Waals surface area contributed by atoms with Crippen LogP contribution in [0.15, 0.2) is 59.1 Å². The molecule has 2 aromatic heterocycles. The Bertz CT molecular complexity index is 1120. The van der Waals surface area contributed by atoms with E-state index < -0.39 is 0 Å². The number of amides is 1. The lowest BCUT2D eigenvalue weighted by molar-refractivity contribution is 0.0945. The van der Waals surface area contributed by atoms with Gasteiger partial charge in [-0.2, -0.15) is 4.98 Å². The number of hydrogen-bond donors (Lipinski definition) is 1. The Balaban J connectivity index is 1.48. The van der Waals surface area contributed by atoms with Crippen molar-refractivity contribution in [3.8, 4) is 11.4 Å². The van der Waals surface area contributed by atoms with Crippen molar-refractivity contribution in [2.45, 2.75) is 13.5 Å². The third-order valence-corrected chi connectivity index (χ3v) is 4.38. The van der Waals surface area contributed by atoms with Crippen molar-refractivity contribution in [1.82, 2.24) is 20.4 Å². The first kappa shape index (κ1) is 17.2. The summed E-state index contributed by atoms with van der Waals surface area (Å²) < 4.78 is 5.21. The summed E-state index contributed by atoms with van der Waals surface area (Å²) in [6.45, 7) is 1.94. The van der Waals surface area contributed by atoms with Gasteiger partial charge >= 0.3 is 0 Å². The number of nitrogens with zero attached hydrogens (tertiary/aromatic N) is 3. The largest absolute Gasteiger partial charge is 0.343 e. The second-order valence-electron chi connectivity index (χ2n) is 6.02. The molecule has 4 rings (SSSR count). The summed E-state index contributed by atoms with van der Waals surface area (Å²) in [5.41, 5.74) is 2.83. The van der Waals surface area contributed by atoms with Crippen molar-refractivity contribution >= 4 is 28.4 Å². The van der Waals surface area contributed by atoms with Gasteiger partial charge < -0.3 is 9.84 Å². The molecule has 0 spiro atoms. The van der Waals surface area contributed by atoms with Crippen molar-refractivity contribution in [3.05, 3.63) is 76.8 Å². The molecule has 0 aliphatic heterocycles. The molecule has 0 radical (unpaired) electrons. The minimum Gasteiger partial charge on any atom is -0.343 e. The summed E-state index contributed by atoms with van der Waals surface area (Å²) in [6.07, 6.45) is 0. The Morgan fingerprint density at radius 1 is 1.11 bits per heavy atom. The normalized spacial score (nSPS) is 10.9. The second-order valence-corrected chi connectivity index (χ2v) is 6.45. The Kier molecular flexibility index (Phi) is 4.56. The summed E-state index contributed by atoms with van der Waals surface area (Å²) >= 11 is 5.88. The highest BCUT2D eigenvalue weighted by molar-refractivity contribution is 6.30. The number of aryl methyl sites for hydroxylation is 1. The maximum atomic E-state index is 12.5. The predicted octanol–water partition coefficient (Wildman–Crippen LogP) is 4.18. The Morgan fingerprint density at radius 3 is 2.70 bits per heavy atom. The quantitative estimate of drug-likeness (QED) is 0.576. The van der Waals surface area contributed by atoms with Crippen LogP contribution in [-0.4, -0.2) is 21.0 Å². The first-order valence-electron chi connectivity index (χ1n) is 8.33. The highest BCUT2D eigenvalue weighted by Crippen LogP contribution is 2.19. The lowest BCUT2D eigenvalue weighted by Crippen LogP contribution is -2.24. The van der Waals surface area contributed by atoms with Crippen LogP contribution < -0.4 is 5.32 Å². The minimum atomic E-state index is -0.239. The number of benzene rings is 2. The monoisotopic (exact) mass is 378 g/mol. The van der Waals surface area contributed by atoms with Gasteiger partial charge in [0.15, 0.2) is 0 Å². The number of hydrogen-bond acceptors (Lipinski definition) is 5. The third-order valence-electron chi connectivity index (χ3n) is 4.13. The smallest absolute Gasteiger partial charge is 0.253 e. The van der Waals surface area contributed by atoms with E-state index in [0.29, 0.717) is 28.0 Å². The van der Waals surface area contributed by atoms with Gasteiger partial charge in [-0.3, -0.25) is 9.78 Å². The van der Waals surface area contributed by atoms with E-state index in [1.807, 2.05) is 37.3 Å². The maximum absolute atomic E-state index is 12.5. The topological polar surface area (TPSA) is 80.9 Å². The molecule has 0 aliphatic carbocycles. The molecule has 6 nitrogen and oxygen atoms in total. The highest BCUT2D eigenvalue weighted by Gasteiger charge is 2.14. The number of carbonyl (C=O) groups is 1. The summed E-state index contributed by atoms with van der Waals surface area (Å²) in [7, 11) is 0. The zero-order valence-electron chi connectivity index (χ0n) is 14.4. The van der Waals surface area contributed by atoms with E-state index in [4.69, 9.17) is 16.1 Å². The van der Waals surface area contributed by atoms with Crippen LogP contribution in [0.3, 0.4) is 0 Å². The van der Waals surface area contributed by atoms with Crippen LogP contribution in [0, 0.1) is 6.92 Å². The maximum Gasteiger partial charge on any atom is 0.253 e. The average Bonchev–Trinajstić information content (AvgIpc) is 3.15. The van der Waals surface area contributed by atoms with Crippen molar-refractivity contribution < 1.29 is 9.32 Å². The zero-order chi connectivity index (χ0) is 18.8. The number of nitrogens with one attached hydrogen (secondary N) is 1. The summed E-state index contributed by atoms with van der Waals surface area (Å²) in [6, 6.07) is 16.6. The van der Waals surface area contributed by atoms with Crippen molar-refractivity contribution in [2.24, 2.45) is 0 Å². The van der Waals surface area contributed by atoms with Gasteiger partial charge in [-0.25, -0.2) is 0 Å². The van der Waals surface area contributed by atoms with E-state index in [9.17, 15) is 4.79 Å². The van der Waals surface area contributed by atoms with Crippen LogP contribution in [0.1, 0.15) is 21.9 Å². The minimum absolute atomic E-state index is 0.131. The van der Waals surface area contributed by atoms with Crippen LogP contribution in [-0.2, 0) is 6.54 Å². The van der Waals surface area contributed by atoms with Gasteiger partial charge in [-0.05, 0) is 43.3 Å². The highest BCUT2D eigenvalue weighted by atomic mass is 35.5. The van der Waals surface area contributed by atoms with Gasteiger partial charge in [0, 0.05) is 16.0 Å². The molecule has 2 aromatic carbocycles. The SMILES string of the molecule is Cc1nc2ccccc2cc1C(=O)NCc1nc(-c2ccc(Cl)cc2)no1. The fraction of sp³-hybridized carbons (Fsp3) is 0.100. The molecule has 0 aliphatic rings. The number of pyridine rings is 1. The molecule has 7 heteroatoms. The molecule has 27 heavy (non-hydrogen) atoms. The van der Waals surface area contributed by atoms with Gasteiger partial charge in [-0.1, -0.05) is 35.0 Å². The molecule has 134 valence electrons. The molecule has 1 N–H and O–H groups in total. The molecular formula is C20H15ClN4O2. The molecule has 0 fully saturated rings. The fourth-order valence-electron chi connectivity index (χ4n) is 2.74. The molecular weight excluding hydrogens is 364 g/mol. The molecule has 2 heterocycles. The van der Waals surface area contributed by atoms with E-state index in [0.717, 1.165) is 16.5 Å². The predicted molar refractivity (Wildman–Crippen MR) is 102 cm³/mol. The van der Waals surface area contributed by atoms with Crippen LogP contribution in [0.5, 0.6) is 0 Å². The Morgan fingerprint density at radius 2 is 1.89 bits per heavy atom. The first-order chi connectivity index (χ1) is 13.1. The number of rotatable bonds is 4. The molecule has 0 saturated carbocycles. The summed E-state index contributed by atoms with van der Waals surface area (Å²) in [4.78, 5) is 21.3. The van der Waals surface area contributed by atoms with E-state index in [1.165, 1.54) is 0 Å². The van der Waals surface area contributed by atoms with Crippen LogP contribution in [0.2, 0.25) is 5.02 Å². The van der Waals surface area contributed by atoms with Gasteiger partial charge in [0.25, 0.3) is 5.91 Å². The molecule has 0 bridgehead atoms. The summed E-state index contributed by atoms with van der Waals surface area (Å²) in [5.74, 6) is 0.524. The van der Waals surface area contributed by atoms with E-state index >= 15 is 0 Å². The van der Waals surface area contributed by atoms with Crippen molar-refractivity contribution in [3.63, 3.8) is 0 Å². The van der Waals surface area contributed by atoms with E-state index in [1.54, 1.807) is 24.3 Å². The molecule has 0 atom stereocenters. The number of carbonyl (C=O) groups excluding carboxylic acids is 1. The standard InChI is InChI=1S/C20H15ClN4O2/c1-12-16(10-14-4-2-3-5-17(14)23-12)20(26)22-11-18-24-19(25-27-18)13-6-8-15(21)9-7-13/h2-10H,11H2,1H3,(H,22,26). The molecule has 4 aromatic rings. The van der Waals surface area contributed by atoms with E-state index in [-0.39, 0.29) is 12.5 Å². The van der Waals surface area contributed by atoms with Gasteiger partial charge in [-0.15, -0.1) is 0 Å². The van der Waals surface area contributed by atoms with Crippen LogP contribution >= 0.6 is 11.6 Å². The van der Waals surface area contributed by atoms with Gasteiger partial charge in [0.1, 0.15) is 0 Å². The number of halogens is 1. The number of fused-ring (bicyclic) bond motifs is 1. The molecule has 1 amide bonds. The Labute approximate surface area is 160 Å². The lowest BCUT2D eigenvalue weighted by atomic mass is 10.1. The fourth-order valence-corrected chi connectivity index (χ4v) is 2.86. The number of para-hydroxylation sites is 1. The summed E-state index contributed by atoms with van der Waals surface area (Å²) in [5, 5.41) is 8.28. The van der Waals surface area contributed by atoms with Crippen LogP contribution in [0.25, 0.3) is 22.3 Å². The van der Waals surface area contributed by atoms with Crippen LogP contribution in [0.4, 0.5) is 0 Å².